The zero-order valence-electron chi connectivity index (χ0n) is 21.3. The van der Waals surface area contributed by atoms with E-state index >= 15 is 0 Å². The maximum Gasteiger partial charge on any atom is 0.194 e. The van der Waals surface area contributed by atoms with E-state index in [0.717, 1.165) is 23.4 Å². The molecule has 0 spiro atoms. The van der Waals surface area contributed by atoms with Gasteiger partial charge < -0.3 is 29.6 Å². The fraction of sp³-hybridized carbons (Fsp3) is 0.286. The van der Waals surface area contributed by atoms with Crippen LogP contribution in [-0.2, 0) is 32.9 Å². The number of ketones is 3. The molecule has 6 rings (SSSR count). The van der Waals surface area contributed by atoms with Crippen LogP contribution in [-0.4, -0.2) is 43.7 Å². The van der Waals surface area contributed by atoms with Crippen molar-refractivity contribution < 1.29 is 34.1 Å². The number of carbonyl (C=O) groups excluding carboxylic acids is 3. The molecule has 0 bridgehead atoms. The maximum atomic E-state index is 14.0. The fourth-order valence-corrected chi connectivity index (χ4v) is 5.58. The minimum atomic E-state index is -1.57. The number of aromatic hydroxyl groups is 2. The van der Waals surface area contributed by atoms with Gasteiger partial charge in [0.15, 0.2) is 17.3 Å². The van der Waals surface area contributed by atoms with Crippen molar-refractivity contribution in [1.82, 2.24) is 9.55 Å². The predicted octanol–water partition coefficient (Wildman–Crippen LogP) is 3.56. The summed E-state index contributed by atoms with van der Waals surface area (Å²) in [6.07, 6.45) is 1.20. The van der Waals surface area contributed by atoms with Gasteiger partial charge in [0, 0.05) is 29.6 Å². The summed E-state index contributed by atoms with van der Waals surface area (Å²) in [5.41, 5.74) is 0.988. The van der Waals surface area contributed by atoms with Crippen LogP contribution >= 0.6 is 0 Å². The number of aromatic nitrogens is 2. The minimum absolute atomic E-state index is 0.00548. The van der Waals surface area contributed by atoms with Gasteiger partial charge in [-0.05, 0) is 45.9 Å². The third kappa shape index (κ3) is 3.10. The van der Waals surface area contributed by atoms with Crippen LogP contribution < -0.4 is 10.1 Å². The topological polar surface area (TPSA) is 140 Å². The van der Waals surface area contributed by atoms with Gasteiger partial charge in [-0.15, -0.1) is 0 Å². The van der Waals surface area contributed by atoms with E-state index in [1.54, 1.807) is 6.92 Å². The number of phenols is 2. The van der Waals surface area contributed by atoms with Crippen molar-refractivity contribution in [2.24, 2.45) is 0 Å². The van der Waals surface area contributed by atoms with E-state index < -0.39 is 28.5 Å². The van der Waals surface area contributed by atoms with Crippen LogP contribution in [0.3, 0.4) is 0 Å². The first-order valence-corrected chi connectivity index (χ1v) is 12.2. The second-order valence-corrected chi connectivity index (χ2v) is 9.95. The lowest BCUT2D eigenvalue weighted by atomic mass is 9.70. The normalized spacial score (nSPS) is 21.4. The summed E-state index contributed by atoms with van der Waals surface area (Å²) in [4.78, 5) is 44.1. The third-order valence-electron chi connectivity index (χ3n) is 7.61. The Labute approximate surface area is 217 Å². The number of anilines is 1. The van der Waals surface area contributed by atoms with E-state index in [0.29, 0.717) is 24.6 Å². The van der Waals surface area contributed by atoms with E-state index in [-0.39, 0.29) is 39.5 Å². The van der Waals surface area contributed by atoms with Crippen molar-refractivity contribution in [3.63, 3.8) is 0 Å². The quantitative estimate of drug-likeness (QED) is 0.271. The Morgan fingerprint density at radius 1 is 1.18 bits per heavy atom. The number of ether oxygens (including phenoxy) is 2. The van der Waals surface area contributed by atoms with Crippen LogP contribution in [0.5, 0.6) is 17.2 Å². The summed E-state index contributed by atoms with van der Waals surface area (Å²) in [7, 11) is 0. The predicted molar refractivity (Wildman–Crippen MR) is 136 cm³/mol. The number of rotatable bonds is 3. The lowest BCUT2D eigenvalue weighted by Gasteiger charge is -2.29. The summed E-state index contributed by atoms with van der Waals surface area (Å²) in [5.74, 6) is -1.72. The highest BCUT2D eigenvalue weighted by molar-refractivity contribution is 6.31. The van der Waals surface area contributed by atoms with Crippen LogP contribution in [0.4, 0.5) is 5.69 Å². The number of hydrogen-bond donors (Lipinski definition) is 3. The number of hydrogen-bond acceptors (Lipinski definition) is 9. The van der Waals surface area contributed by atoms with Gasteiger partial charge in [-0.1, -0.05) is 0 Å². The van der Waals surface area contributed by atoms with Crippen LogP contribution in [0.1, 0.15) is 48.1 Å². The van der Waals surface area contributed by atoms with Crippen molar-refractivity contribution in [2.75, 3.05) is 11.9 Å². The fourth-order valence-electron chi connectivity index (χ4n) is 5.58. The molecule has 1 aromatic heterocycles. The molecule has 194 valence electrons. The molecule has 2 aliphatic heterocycles. The number of nitrogens with zero attached hydrogens (tertiary/aromatic N) is 2. The van der Waals surface area contributed by atoms with Crippen LogP contribution in [0, 0.1) is 6.92 Å². The minimum Gasteiger partial charge on any atom is -0.507 e. The second-order valence-electron chi connectivity index (χ2n) is 9.95. The molecule has 0 unspecified atom stereocenters. The van der Waals surface area contributed by atoms with Crippen molar-refractivity contribution in [3.05, 3.63) is 63.8 Å². The van der Waals surface area contributed by atoms with Gasteiger partial charge in [-0.2, -0.15) is 0 Å². The average Bonchev–Trinajstić information content (AvgIpc) is 3.37. The number of fused-ring (bicyclic) bond motifs is 6. The van der Waals surface area contributed by atoms with Crippen LogP contribution in [0.25, 0.3) is 11.0 Å². The SMILES string of the molecule is CC(=O)c1c(O)c(C)c(O)c2c1OC1=CC(=O)C(=C(C)Nc3ccc4c(c3)nc3n4CCOC3)C(=O)[C@@]12C. The van der Waals surface area contributed by atoms with Gasteiger partial charge in [-0.25, -0.2) is 4.98 Å². The number of benzene rings is 2. The number of carbonyl (C=O) groups is 3. The molecule has 3 N–H and O–H groups in total. The molecule has 0 saturated carbocycles. The van der Waals surface area contributed by atoms with Gasteiger partial charge in [0.1, 0.15) is 46.4 Å². The highest BCUT2D eigenvalue weighted by Crippen LogP contribution is 2.57. The Morgan fingerprint density at radius 2 is 1.95 bits per heavy atom. The Bertz CT molecular complexity index is 1690. The van der Waals surface area contributed by atoms with Crippen molar-refractivity contribution in [3.8, 4) is 17.2 Å². The molecule has 3 heterocycles. The summed E-state index contributed by atoms with van der Waals surface area (Å²) < 4.78 is 13.4. The van der Waals surface area contributed by atoms with E-state index in [1.807, 2.05) is 18.2 Å². The number of allylic oxidation sites excluding steroid dienone is 4. The van der Waals surface area contributed by atoms with E-state index in [1.165, 1.54) is 26.8 Å². The van der Waals surface area contributed by atoms with Crippen LogP contribution in [0.2, 0.25) is 0 Å². The molecule has 38 heavy (non-hydrogen) atoms. The van der Waals surface area contributed by atoms with Crippen molar-refractivity contribution in [1.29, 1.82) is 0 Å². The summed E-state index contributed by atoms with van der Waals surface area (Å²) in [6.45, 7) is 7.64. The first-order chi connectivity index (χ1) is 18.0. The summed E-state index contributed by atoms with van der Waals surface area (Å²) in [6, 6.07) is 5.62. The largest absolute Gasteiger partial charge is 0.507 e. The molecule has 0 fully saturated rings. The summed E-state index contributed by atoms with van der Waals surface area (Å²) >= 11 is 0. The second kappa shape index (κ2) is 8.03. The lowest BCUT2D eigenvalue weighted by molar-refractivity contribution is -0.123. The molecule has 0 saturated heterocycles. The Balaban J connectivity index is 1.44. The zero-order chi connectivity index (χ0) is 27.1. The van der Waals surface area contributed by atoms with Gasteiger partial charge in [0.2, 0.25) is 0 Å². The molecule has 0 radical (unpaired) electrons. The van der Waals surface area contributed by atoms with Gasteiger partial charge >= 0.3 is 0 Å². The standard InChI is InChI=1S/C28H25N3O7/c1-12-24(34)22(14(3)32)26-23(25(12)35)28(4)19(38-26)10-18(33)21(27(28)36)13(2)29-15-5-6-17-16(9-15)30-20-11-37-8-7-31(17)20/h5-6,9-10,29,34-35H,7-8,11H2,1-4H3/t28-/m0/s1. The Hall–Kier alpha value is -4.44. The number of imidazole rings is 1. The molecule has 10 nitrogen and oxygen atoms in total. The molecule has 0 amide bonds. The van der Waals surface area contributed by atoms with E-state index in [2.05, 4.69) is 14.9 Å². The molecular formula is C28H25N3O7. The number of phenolic OH excluding ortho intramolecular Hbond substituents is 2. The number of nitrogens with one attached hydrogen (secondary N) is 1. The molecular weight excluding hydrogens is 490 g/mol. The maximum absolute atomic E-state index is 14.0. The van der Waals surface area contributed by atoms with Gasteiger partial charge in [0.05, 0.1) is 28.8 Å². The first kappa shape index (κ1) is 23.9. The third-order valence-corrected chi connectivity index (χ3v) is 7.61. The average molecular weight is 516 g/mol. The molecule has 10 heteroatoms. The smallest absolute Gasteiger partial charge is 0.194 e. The summed E-state index contributed by atoms with van der Waals surface area (Å²) in [5, 5.41) is 24.6. The van der Waals surface area contributed by atoms with E-state index in [9.17, 15) is 24.6 Å². The molecule has 1 atom stereocenters. The van der Waals surface area contributed by atoms with Gasteiger partial charge in [-0.3, -0.25) is 14.4 Å². The zero-order valence-corrected chi connectivity index (χ0v) is 21.3. The van der Waals surface area contributed by atoms with Crippen molar-refractivity contribution in [2.45, 2.75) is 46.3 Å². The molecule has 3 aromatic rings. The monoisotopic (exact) mass is 515 g/mol. The first-order valence-electron chi connectivity index (χ1n) is 12.2. The van der Waals surface area contributed by atoms with Crippen LogP contribution in [0.15, 0.2) is 41.3 Å². The highest BCUT2D eigenvalue weighted by atomic mass is 16.5. The van der Waals surface area contributed by atoms with E-state index in [4.69, 9.17) is 9.47 Å². The lowest BCUT2D eigenvalue weighted by Crippen LogP contribution is -2.40. The molecule has 2 aromatic carbocycles. The number of Topliss-reactive ketones (excluding diaryl/α,β-unsaturated/α-hetero) is 2. The van der Waals surface area contributed by atoms with Crippen molar-refractivity contribution >= 4 is 34.1 Å². The van der Waals surface area contributed by atoms with Gasteiger partial charge in [0.25, 0.3) is 0 Å². The molecule has 1 aliphatic carbocycles. The Kier molecular flexibility index (Phi) is 5.06. The molecule has 3 aliphatic rings. The Morgan fingerprint density at radius 3 is 2.68 bits per heavy atom. The highest BCUT2D eigenvalue weighted by Gasteiger charge is 2.56.